The lowest BCUT2D eigenvalue weighted by molar-refractivity contribution is -0.141. The van der Waals surface area contributed by atoms with E-state index in [0.29, 0.717) is 31.9 Å². The number of morpholine rings is 1. The maximum Gasteiger partial charge on any atom is 0.325 e. The Hall–Kier alpha value is -2.41. The highest BCUT2D eigenvalue weighted by atomic mass is 16.5. The van der Waals surface area contributed by atoms with Crippen LogP contribution >= 0.6 is 0 Å². The van der Waals surface area contributed by atoms with Gasteiger partial charge in [0.2, 0.25) is 5.91 Å². The standard InChI is InChI=1S/C17H21N3O4/c1-12-3-5-13(6-4-12)17(2)15(22)20(16(23)18-17)11-14(21)19-7-9-24-10-8-19/h3-6H,7-11H2,1-2H3,(H,18,23)/t17-/m1/s1. The van der Waals surface area contributed by atoms with Crippen molar-refractivity contribution in [1.29, 1.82) is 0 Å². The van der Waals surface area contributed by atoms with Crippen molar-refractivity contribution >= 4 is 17.8 Å². The molecule has 7 nitrogen and oxygen atoms in total. The van der Waals surface area contributed by atoms with Gasteiger partial charge < -0.3 is 15.0 Å². The molecule has 0 radical (unpaired) electrons. The molecule has 24 heavy (non-hydrogen) atoms. The van der Waals surface area contributed by atoms with Gasteiger partial charge in [0.25, 0.3) is 5.91 Å². The first-order valence-electron chi connectivity index (χ1n) is 7.98. The number of nitrogens with one attached hydrogen (secondary N) is 1. The number of urea groups is 1. The third-order valence-corrected chi connectivity index (χ3v) is 4.56. The van der Waals surface area contributed by atoms with Crippen molar-refractivity contribution in [3.63, 3.8) is 0 Å². The third kappa shape index (κ3) is 2.87. The molecule has 1 N–H and O–H groups in total. The molecule has 2 saturated heterocycles. The van der Waals surface area contributed by atoms with Crippen LogP contribution in [0.5, 0.6) is 0 Å². The molecule has 0 aliphatic carbocycles. The molecule has 1 aromatic carbocycles. The van der Waals surface area contributed by atoms with E-state index in [4.69, 9.17) is 4.74 Å². The highest BCUT2D eigenvalue weighted by molar-refractivity contribution is 6.09. The van der Waals surface area contributed by atoms with Gasteiger partial charge in [-0.3, -0.25) is 14.5 Å². The van der Waals surface area contributed by atoms with Crippen LogP contribution in [0.3, 0.4) is 0 Å². The van der Waals surface area contributed by atoms with Gasteiger partial charge in [0.05, 0.1) is 13.2 Å². The molecule has 2 aliphatic rings. The number of imide groups is 1. The summed E-state index contributed by atoms with van der Waals surface area (Å²) in [7, 11) is 0. The maximum atomic E-state index is 12.8. The quantitative estimate of drug-likeness (QED) is 0.824. The first-order valence-corrected chi connectivity index (χ1v) is 7.98. The van der Waals surface area contributed by atoms with Crippen LogP contribution in [0.1, 0.15) is 18.1 Å². The van der Waals surface area contributed by atoms with Crippen molar-refractivity contribution in [2.75, 3.05) is 32.8 Å². The number of hydrogen-bond acceptors (Lipinski definition) is 4. The Bertz CT molecular complexity index is 667. The zero-order valence-corrected chi connectivity index (χ0v) is 13.9. The van der Waals surface area contributed by atoms with Crippen LogP contribution in [0.4, 0.5) is 4.79 Å². The lowest BCUT2D eigenvalue weighted by Crippen LogP contribution is -2.47. The molecule has 0 spiro atoms. The first kappa shape index (κ1) is 16.4. The molecule has 128 valence electrons. The predicted molar refractivity (Wildman–Crippen MR) is 86.2 cm³/mol. The SMILES string of the molecule is Cc1ccc([C@@]2(C)NC(=O)N(CC(=O)N3CCOCC3)C2=O)cc1. The van der Waals surface area contributed by atoms with E-state index in [9.17, 15) is 14.4 Å². The van der Waals surface area contributed by atoms with Crippen LogP contribution in [0.25, 0.3) is 0 Å². The highest BCUT2D eigenvalue weighted by Gasteiger charge is 2.49. The van der Waals surface area contributed by atoms with Crippen LogP contribution in [-0.2, 0) is 19.9 Å². The minimum Gasteiger partial charge on any atom is -0.378 e. The Balaban J connectivity index is 1.76. The molecule has 0 saturated carbocycles. The van der Waals surface area contributed by atoms with Crippen LogP contribution in [0, 0.1) is 6.92 Å². The molecular weight excluding hydrogens is 310 g/mol. The second-order valence-corrected chi connectivity index (χ2v) is 6.31. The molecule has 0 unspecified atom stereocenters. The van der Waals surface area contributed by atoms with Crippen molar-refractivity contribution in [2.24, 2.45) is 0 Å². The molecule has 3 rings (SSSR count). The fourth-order valence-corrected chi connectivity index (χ4v) is 2.97. The van der Waals surface area contributed by atoms with Crippen molar-refractivity contribution in [2.45, 2.75) is 19.4 Å². The topological polar surface area (TPSA) is 79.0 Å². The minimum atomic E-state index is -1.14. The Morgan fingerprint density at radius 2 is 1.83 bits per heavy atom. The molecule has 2 aliphatic heterocycles. The fourth-order valence-electron chi connectivity index (χ4n) is 2.97. The van der Waals surface area contributed by atoms with E-state index >= 15 is 0 Å². The number of hydrogen-bond donors (Lipinski definition) is 1. The summed E-state index contributed by atoms with van der Waals surface area (Å²) in [5, 5.41) is 2.72. The van der Waals surface area contributed by atoms with Gasteiger partial charge in [0.1, 0.15) is 12.1 Å². The van der Waals surface area contributed by atoms with Crippen LogP contribution in [0.15, 0.2) is 24.3 Å². The lowest BCUT2D eigenvalue weighted by atomic mass is 9.91. The summed E-state index contributed by atoms with van der Waals surface area (Å²) in [6, 6.07) is 6.88. The van der Waals surface area contributed by atoms with Crippen molar-refractivity contribution < 1.29 is 19.1 Å². The minimum absolute atomic E-state index is 0.241. The second kappa shape index (κ2) is 6.24. The Morgan fingerprint density at radius 3 is 2.46 bits per heavy atom. The summed E-state index contributed by atoms with van der Waals surface area (Å²) < 4.78 is 5.21. The zero-order valence-electron chi connectivity index (χ0n) is 13.9. The zero-order chi connectivity index (χ0) is 17.3. The van der Waals surface area contributed by atoms with E-state index in [1.54, 1.807) is 11.8 Å². The molecule has 0 bridgehead atoms. The molecule has 2 heterocycles. The fraction of sp³-hybridized carbons (Fsp3) is 0.471. The van der Waals surface area contributed by atoms with Crippen molar-refractivity contribution in [1.82, 2.24) is 15.1 Å². The van der Waals surface area contributed by atoms with Crippen LogP contribution in [-0.4, -0.2) is 60.5 Å². The normalized spacial score (nSPS) is 24.2. The molecule has 2 fully saturated rings. The van der Waals surface area contributed by atoms with Gasteiger partial charge >= 0.3 is 6.03 Å². The summed E-state index contributed by atoms with van der Waals surface area (Å²) >= 11 is 0. The van der Waals surface area contributed by atoms with E-state index in [2.05, 4.69) is 5.32 Å². The molecular formula is C17H21N3O4. The summed E-state index contributed by atoms with van der Waals surface area (Å²) in [5.41, 5.74) is 0.627. The Morgan fingerprint density at radius 1 is 1.21 bits per heavy atom. The largest absolute Gasteiger partial charge is 0.378 e. The number of ether oxygens (including phenoxy) is 1. The lowest BCUT2D eigenvalue weighted by Gasteiger charge is -2.28. The predicted octanol–water partition coefficient (Wildman–Crippen LogP) is 0.621. The maximum absolute atomic E-state index is 12.8. The van der Waals surface area contributed by atoms with E-state index in [-0.39, 0.29) is 12.5 Å². The van der Waals surface area contributed by atoms with E-state index in [1.807, 2.05) is 31.2 Å². The summed E-state index contributed by atoms with van der Waals surface area (Å²) in [6.07, 6.45) is 0. The van der Waals surface area contributed by atoms with Gasteiger partial charge in [-0.15, -0.1) is 0 Å². The molecule has 0 aromatic heterocycles. The number of benzene rings is 1. The first-order chi connectivity index (χ1) is 11.4. The Kier molecular flexibility index (Phi) is 4.28. The van der Waals surface area contributed by atoms with E-state index in [0.717, 1.165) is 10.5 Å². The average Bonchev–Trinajstić information content (AvgIpc) is 2.80. The molecule has 7 heteroatoms. The summed E-state index contributed by atoms with van der Waals surface area (Å²) in [4.78, 5) is 40.0. The highest BCUT2D eigenvalue weighted by Crippen LogP contribution is 2.29. The second-order valence-electron chi connectivity index (χ2n) is 6.31. The van der Waals surface area contributed by atoms with Gasteiger partial charge in [0.15, 0.2) is 0 Å². The molecule has 1 aromatic rings. The number of carbonyl (C=O) groups excluding carboxylic acids is 3. The number of aryl methyl sites for hydroxylation is 1. The van der Waals surface area contributed by atoms with Crippen molar-refractivity contribution in [3.8, 4) is 0 Å². The number of nitrogens with zero attached hydrogens (tertiary/aromatic N) is 2. The van der Waals surface area contributed by atoms with E-state index < -0.39 is 17.5 Å². The number of rotatable bonds is 3. The Labute approximate surface area is 140 Å². The van der Waals surface area contributed by atoms with Crippen molar-refractivity contribution in [3.05, 3.63) is 35.4 Å². The number of amides is 4. The summed E-state index contributed by atoms with van der Waals surface area (Å²) in [6.45, 7) is 5.30. The molecule has 1 atom stereocenters. The third-order valence-electron chi connectivity index (χ3n) is 4.56. The van der Waals surface area contributed by atoms with Gasteiger partial charge in [-0.25, -0.2) is 4.79 Å². The summed E-state index contributed by atoms with van der Waals surface area (Å²) in [5.74, 6) is -0.645. The smallest absolute Gasteiger partial charge is 0.325 e. The van der Waals surface area contributed by atoms with Gasteiger partial charge in [-0.2, -0.15) is 0 Å². The van der Waals surface area contributed by atoms with Crippen LogP contribution < -0.4 is 5.32 Å². The van der Waals surface area contributed by atoms with Gasteiger partial charge in [-0.1, -0.05) is 29.8 Å². The van der Waals surface area contributed by atoms with Gasteiger partial charge in [0, 0.05) is 13.1 Å². The van der Waals surface area contributed by atoms with Gasteiger partial charge in [-0.05, 0) is 19.4 Å². The number of carbonyl (C=O) groups is 3. The average molecular weight is 331 g/mol. The van der Waals surface area contributed by atoms with E-state index in [1.165, 1.54) is 0 Å². The molecule has 4 amide bonds. The van der Waals surface area contributed by atoms with Crippen LogP contribution in [0.2, 0.25) is 0 Å². The monoisotopic (exact) mass is 331 g/mol.